The number of para-hydroxylation sites is 1. The molecule has 4 aromatic rings. The predicted molar refractivity (Wildman–Crippen MR) is 437 cm³/mol. The number of aromatic hydroxyl groups is 1. The fourth-order valence-corrected chi connectivity index (χ4v) is 14.5. The molecule has 1 aliphatic carbocycles. The lowest BCUT2D eigenvalue weighted by Crippen LogP contribution is -2.64. The van der Waals surface area contributed by atoms with Crippen molar-refractivity contribution >= 4 is 100 Å². The number of methoxy groups -OCH3 is 2. The predicted octanol–water partition coefficient (Wildman–Crippen LogP) is -3.59. The smallest absolute Gasteiger partial charge is 0.361 e. The number of primary amides is 1. The lowest BCUT2D eigenvalue weighted by molar-refractivity contribution is -0.979. The number of carbonyl (C=O) groups is 14. The standard InChI is InChI=1S/C81H120N18O21/c1-51(2)37-60(74(111)93-64(78(115)94-66(47-100)72(82)109)41-55-43-86-58-22-15-14-21-57(55)58)89-75(112)63(40-54-24-26-56(103)27-25-54)90-73(110)59(23-16-28-85-81(83)84)88-80(117)67(48-101)95-77(114)62(39-53-19-12-9-13-20-53)91-76(113)61(38-52-17-10-8-11-18-52)92-79(116)65(42-69(105)106)87-68(104)44-99(5)35-33-97(3,45-70(107)118-6)31-29-96(49-120-50-102)30-32-98(4,34-36-99)46-71(108)119-7/h9,12-15,19-22,24-27,43,50-52,59-67,86,100-101H,8,10-11,16-18,23,28-42,44-49H2,1-7H3,(H14-3,82,83,84,85,87,88,89,90,91,92,93,94,95,103,104,105,106,109,110,111,112,113,114,115,116,117)/p+3/t59?,60-,61-,62?,63-,64-,65-,66-,67?,97?,98?,99?/m0/s1. The fourth-order valence-electron chi connectivity index (χ4n) is 14.5. The SMILES string of the molecule is COC(=O)C[N+]1(C)CCN(COC=O)CC[N+](C)(CC(=O)OC)CC[N+](C)(CC(=O)N[C@@H](CC(=O)O)C(=O)N[C@@H](CC2CCCCC2)C(=O)NC(Cc2ccccc2)C(=O)NC(CO)C(=O)NC(CCCN=C(N)N)C(=O)N[C@@H](Cc2ccc(O)cc2)C(=O)N[C@@H](CC(C)C)C(=O)N[C@@H](Cc2c[nH]c3ccccc23)C(=O)N[C@@H](CO)C(N)=O)CC1. The van der Waals surface area contributed by atoms with Crippen molar-refractivity contribution in [1.82, 2.24) is 57.7 Å². The van der Waals surface area contributed by atoms with Gasteiger partial charge in [-0.15, -0.1) is 0 Å². The van der Waals surface area contributed by atoms with Crippen molar-refractivity contribution in [1.29, 1.82) is 0 Å². The number of nitrogens with zero attached hydrogens (tertiary/aromatic N) is 5. The minimum Gasteiger partial charge on any atom is -0.508 e. The van der Waals surface area contributed by atoms with Gasteiger partial charge in [0.05, 0.1) is 81.2 Å². The Bertz CT molecular complexity index is 4100. The van der Waals surface area contributed by atoms with Gasteiger partial charge in [0.1, 0.15) is 93.0 Å². The molecule has 5 unspecified atom stereocenters. The number of aliphatic hydroxyl groups is 2. The average molecular weight is 1680 g/mol. The van der Waals surface area contributed by atoms with Gasteiger partial charge >= 0.3 is 17.9 Å². The quantitative estimate of drug-likeness (QED) is 0.00387. The molecule has 120 heavy (non-hydrogen) atoms. The number of carboxylic acid groups (broad SMARTS) is 1. The van der Waals surface area contributed by atoms with E-state index < -0.39 is 151 Å². The summed E-state index contributed by atoms with van der Waals surface area (Å²) >= 11 is 0. The van der Waals surface area contributed by atoms with Crippen LogP contribution in [0.5, 0.6) is 5.75 Å². The number of likely N-dealkylation sites (N-methyl/N-ethyl adjacent to an activating group) is 3. The lowest BCUT2D eigenvalue weighted by Gasteiger charge is -2.43. The Balaban J connectivity index is 1.26. The zero-order valence-electron chi connectivity index (χ0n) is 69.5. The van der Waals surface area contributed by atoms with E-state index in [0.29, 0.717) is 73.1 Å². The number of hydrogen-bond donors (Lipinski definition) is 17. The third-order valence-corrected chi connectivity index (χ3v) is 21.8. The van der Waals surface area contributed by atoms with E-state index >= 15 is 4.79 Å². The number of nitrogens with two attached hydrogens (primary N) is 3. The minimum atomic E-state index is -1.88. The number of H-pyrrole nitrogens is 1. The molecule has 10 amide bonds. The molecule has 0 spiro atoms. The van der Waals surface area contributed by atoms with Crippen LogP contribution in [0.15, 0.2) is 90.1 Å². The van der Waals surface area contributed by atoms with Gasteiger partial charge in [-0.3, -0.25) is 67.4 Å². The third-order valence-electron chi connectivity index (χ3n) is 21.8. The molecule has 0 bridgehead atoms. The van der Waals surface area contributed by atoms with E-state index in [-0.39, 0.29) is 141 Å². The second kappa shape index (κ2) is 48.0. The van der Waals surface area contributed by atoms with Gasteiger partial charge in [-0.1, -0.05) is 107 Å². The van der Waals surface area contributed by atoms with Crippen LogP contribution in [0.3, 0.4) is 0 Å². The molecule has 2 aliphatic rings. The van der Waals surface area contributed by atoms with Crippen LogP contribution in [0.2, 0.25) is 0 Å². The Morgan fingerprint density at radius 3 is 1.53 bits per heavy atom. The number of esters is 2. The van der Waals surface area contributed by atoms with Crippen LogP contribution in [0.25, 0.3) is 10.9 Å². The Morgan fingerprint density at radius 2 is 1.01 bits per heavy atom. The zero-order valence-corrected chi connectivity index (χ0v) is 69.5. The molecule has 660 valence electrons. The number of phenolic OH excluding ortho intramolecular Hbond substituents is 1. The molecule has 39 heteroatoms. The highest BCUT2D eigenvalue weighted by molar-refractivity contribution is 5.99. The highest BCUT2D eigenvalue weighted by Crippen LogP contribution is 2.28. The van der Waals surface area contributed by atoms with E-state index in [1.807, 2.05) is 19.0 Å². The number of hydrogen-bond acceptors (Lipinski definition) is 22. The molecule has 0 radical (unpaired) electrons. The topological polar surface area (TPSA) is 565 Å². The summed E-state index contributed by atoms with van der Waals surface area (Å²) < 4.78 is 15.5. The van der Waals surface area contributed by atoms with E-state index in [1.165, 1.54) is 38.5 Å². The molecule has 2 fully saturated rings. The third kappa shape index (κ3) is 32.7. The van der Waals surface area contributed by atoms with Crippen LogP contribution in [0.4, 0.5) is 0 Å². The summed E-state index contributed by atoms with van der Waals surface area (Å²) in [6.07, 6.45) is 3.41. The molecule has 1 saturated heterocycles. The Morgan fingerprint density at radius 1 is 0.550 bits per heavy atom. The van der Waals surface area contributed by atoms with Gasteiger partial charge in [-0.05, 0) is 72.4 Å². The van der Waals surface area contributed by atoms with Crippen LogP contribution in [0.1, 0.15) is 94.7 Å². The maximum Gasteiger partial charge on any atom is 0.361 e. The molecule has 20 N–H and O–H groups in total. The number of carbonyl (C=O) groups excluding carboxylic acids is 13. The maximum atomic E-state index is 15.1. The van der Waals surface area contributed by atoms with Gasteiger partial charge in [0.25, 0.3) is 12.4 Å². The second-order valence-electron chi connectivity index (χ2n) is 32.3. The first-order valence-corrected chi connectivity index (χ1v) is 40.3. The fraction of sp³-hybridized carbons (Fsp3) is 0.568. The van der Waals surface area contributed by atoms with E-state index in [0.717, 1.165) is 19.3 Å². The number of ether oxygens (including phenoxy) is 3. The zero-order chi connectivity index (χ0) is 88.3. The van der Waals surface area contributed by atoms with Gasteiger partial charge in [-0.2, -0.15) is 0 Å². The molecular weight excluding hydrogens is 1560 g/mol. The summed E-state index contributed by atoms with van der Waals surface area (Å²) in [6, 6.07) is 6.77. The minimum absolute atomic E-state index is 0.00140. The number of quaternary nitrogens is 3. The largest absolute Gasteiger partial charge is 0.508 e. The van der Waals surface area contributed by atoms with Gasteiger partial charge in [0, 0.05) is 42.9 Å². The molecule has 6 rings (SSSR count). The first-order valence-electron chi connectivity index (χ1n) is 40.3. The van der Waals surface area contributed by atoms with Crippen molar-refractivity contribution < 1.29 is 115 Å². The van der Waals surface area contributed by atoms with Crippen molar-refractivity contribution in [3.8, 4) is 5.75 Å². The summed E-state index contributed by atoms with van der Waals surface area (Å²) in [5, 5.41) is 65.8. The monoisotopic (exact) mass is 1680 g/mol. The Hall–Kier alpha value is -11.4. The van der Waals surface area contributed by atoms with Crippen LogP contribution >= 0.6 is 0 Å². The van der Waals surface area contributed by atoms with Crippen molar-refractivity contribution in [2.75, 3.05) is 134 Å². The van der Waals surface area contributed by atoms with E-state index in [4.69, 9.17) is 31.4 Å². The Kier molecular flexibility index (Phi) is 39.0. The van der Waals surface area contributed by atoms with Crippen molar-refractivity contribution in [2.45, 2.75) is 152 Å². The van der Waals surface area contributed by atoms with Gasteiger partial charge < -0.3 is 118 Å². The molecule has 1 saturated carbocycles. The van der Waals surface area contributed by atoms with Crippen LogP contribution in [-0.2, 0) is 101 Å². The molecule has 2 heterocycles. The number of aliphatic hydroxyl groups excluding tert-OH is 2. The van der Waals surface area contributed by atoms with E-state index in [9.17, 15) is 82.8 Å². The summed E-state index contributed by atoms with van der Waals surface area (Å²) in [6.45, 7) is 3.62. The van der Waals surface area contributed by atoms with Crippen LogP contribution < -0.4 is 65.1 Å². The molecule has 39 nitrogen and oxygen atoms in total. The number of aromatic amines is 1. The van der Waals surface area contributed by atoms with Crippen LogP contribution in [0, 0.1) is 11.8 Å². The molecule has 3 aromatic carbocycles. The molecule has 1 aliphatic heterocycles. The highest BCUT2D eigenvalue weighted by Gasteiger charge is 2.42. The summed E-state index contributed by atoms with van der Waals surface area (Å²) in [5.74, 6) is -13.1. The summed E-state index contributed by atoms with van der Waals surface area (Å²) in [7, 11) is 8.00. The number of fused-ring (bicyclic) bond motifs is 1. The van der Waals surface area contributed by atoms with E-state index in [2.05, 4.69) is 57.8 Å². The lowest BCUT2D eigenvalue weighted by atomic mass is 9.84. The number of aromatic nitrogens is 1. The van der Waals surface area contributed by atoms with E-state index in [1.54, 1.807) is 81.7 Å². The van der Waals surface area contributed by atoms with Crippen molar-refractivity contribution in [2.24, 2.45) is 34.0 Å². The number of guanidine groups is 1. The number of aliphatic carboxylic acids is 1. The summed E-state index contributed by atoms with van der Waals surface area (Å²) in [4.78, 5) is 204. The molecule has 1 aromatic heterocycles. The highest BCUT2D eigenvalue weighted by atomic mass is 16.5. The summed E-state index contributed by atoms with van der Waals surface area (Å²) in [5.41, 5.74) is 18.9. The second-order valence-corrected chi connectivity index (χ2v) is 32.3. The first kappa shape index (κ1) is 97.4. The van der Waals surface area contributed by atoms with Crippen molar-refractivity contribution in [3.05, 3.63) is 102 Å². The number of phenols is 1. The van der Waals surface area contributed by atoms with Gasteiger partial charge in [0.15, 0.2) is 25.6 Å². The first-order chi connectivity index (χ1) is 57.0. The number of rotatable bonds is 45. The maximum absolute atomic E-state index is 15.1. The van der Waals surface area contributed by atoms with Crippen molar-refractivity contribution in [3.63, 3.8) is 0 Å². The molecule has 11 atom stereocenters. The van der Waals surface area contributed by atoms with Crippen LogP contribution in [-0.4, -0.2) is 321 Å². The number of benzene rings is 3. The number of nitrogens with one attached hydrogen (secondary N) is 10. The van der Waals surface area contributed by atoms with Gasteiger partial charge in [0.2, 0.25) is 53.2 Å². The Labute approximate surface area is 697 Å². The number of aliphatic imine (C=N–C) groups is 1. The number of carboxylic acids is 1. The number of amides is 10. The van der Waals surface area contributed by atoms with Gasteiger partial charge in [-0.25, -0.2) is 9.59 Å². The molecular formula is C81H123N18O21+3. The normalized spacial score (nSPS) is 19.6. The average Bonchev–Trinajstić information content (AvgIpc) is 1.46.